The zero-order valence-electron chi connectivity index (χ0n) is 10.2. The second-order valence-electron chi connectivity index (χ2n) is 4.03. The van der Waals surface area contributed by atoms with Gasteiger partial charge in [0.1, 0.15) is 17.5 Å². The number of hydrogen-bond acceptors (Lipinski definition) is 3. The fourth-order valence-electron chi connectivity index (χ4n) is 1.56. The topological polar surface area (TPSA) is 37.8 Å². The summed E-state index contributed by atoms with van der Waals surface area (Å²) < 4.78 is 26.4. The molecular weight excluding hydrogens is 236 g/mol. The Hall–Kier alpha value is -2.04. The average Bonchev–Trinajstić information content (AvgIpc) is 2.34. The van der Waals surface area contributed by atoms with Gasteiger partial charge in [-0.25, -0.2) is 13.8 Å². The van der Waals surface area contributed by atoms with Crippen LogP contribution in [-0.4, -0.2) is 9.97 Å². The number of nitrogens with zero attached hydrogens (tertiary/aromatic N) is 2. The molecule has 0 aliphatic carbocycles. The Morgan fingerprint density at radius 1 is 1.22 bits per heavy atom. The number of hydrogen-bond donors (Lipinski definition) is 1. The molecule has 0 amide bonds. The lowest BCUT2D eigenvalue weighted by Gasteiger charge is -2.09. The van der Waals surface area contributed by atoms with Gasteiger partial charge in [-0.2, -0.15) is 0 Å². The molecule has 0 atom stereocenters. The van der Waals surface area contributed by atoms with Crippen LogP contribution < -0.4 is 5.32 Å². The summed E-state index contributed by atoms with van der Waals surface area (Å²) >= 11 is 0. The molecule has 0 aliphatic rings. The van der Waals surface area contributed by atoms with E-state index in [0.29, 0.717) is 5.82 Å². The van der Waals surface area contributed by atoms with Crippen molar-refractivity contribution in [2.75, 3.05) is 5.32 Å². The molecular formula is C13H13F2N3. The number of aromatic nitrogens is 2. The molecule has 1 N–H and O–H groups in total. The molecule has 2 rings (SSSR count). The summed E-state index contributed by atoms with van der Waals surface area (Å²) in [7, 11) is 0. The standard InChI is InChI=1S/C13H13F2N3/c1-8-6-16-9(2)13(18-8)17-7-10-5-11(14)3-4-12(10)15/h3-6H,7H2,1-2H3,(H,17,18). The van der Waals surface area contributed by atoms with E-state index in [1.54, 1.807) is 13.1 Å². The van der Waals surface area contributed by atoms with Gasteiger partial charge in [-0.3, -0.25) is 4.98 Å². The lowest BCUT2D eigenvalue weighted by atomic mass is 10.2. The van der Waals surface area contributed by atoms with Crippen LogP contribution in [0.5, 0.6) is 0 Å². The van der Waals surface area contributed by atoms with Crippen LogP contribution in [0, 0.1) is 25.5 Å². The molecule has 1 heterocycles. The first-order chi connectivity index (χ1) is 8.56. The maximum atomic E-state index is 13.4. The summed E-state index contributed by atoms with van der Waals surface area (Å²) in [5.41, 5.74) is 1.75. The van der Waals surface area contributed by atoms with Crippen LogP contribution in [0.15, 0.2) is 24.4 Å². The van der Waals surface area contributed by atoms with Crippen LogP contribution >= 0.6 is 0 Å². The second kappa shape index (κ2) is 5.08. The molecule has 1 aromatic heterocycles. The van der Waals surface area contributed by atoms with Crippen LogP contribution in [0.2, 0.25) is 0 Å². The first-order valence-electron chi connectivity index (χ1n) is 5.54. The molecule has 5 heteroatoms. The second-order valence-corrected chi connectivity index (χ2v) is 4.03. The smallest absolute Gasteiger partial charge is 0.148 e. The molecule has 0 saturated carbocycles. The van der Waals surface area contributed by atoms with Crippen LogP contribution in [0.3, 0.4) is 0 Å². The zero-order valence-corrected chi connectivity index (χ0v) is 10.2. The molecule has 0 spiro atoms. The van der Waals surface area contributed by atoms with E-state index < -0.39 is 11.6 Å². The van der Waals surface area contributed by atoms with Crippen molar-refractivity contribution >= 4 is 5.82 Å². The minimum Gasteiger partial charge on any atom is -0.364 e. The van der Waals surface area contributed by atoms with E-state index in [2.05, 4.69) is 15.3 Å². The van der Waals surface area contributed by atoms with E-state index >= 15 is 0 Å². The maximum Gasteiger partial charge on any atom is 0.148 e. The molecule has 0 unspecified atom stereocenters. The van der Waals surface area contributed by atoms with Crippen LogP contribution in [0.25, 0.3) is 0 Å². The molecule has 18 heavy (non-hydrogen) atoms. The first-order valence-corrected chi connectivity index (χ1v) is 5.54. The summed E-state index contributed by atoms with van der Waals surface area (Å²) in [5.74, 6) is -0.318. The molecule has 0 aliphatic heterocycles. The van der Waals surface area contributed by atoms with E-state index in [9.17, 15) is 8.78 Å². The summed E-state index contributed by atoms with van der Waals surface area (Å²) in [6.45, 7) is 3.79. The van der Waals surface area contributed by atoms with E-state index in [0.717, 1.165) is 23.5 Å². The molecule has 0 saturated heterocycles. The molecule has 0 radical (unpaired) electrons. The monoisotopic (exact) mass is 249 g/mol. The van der Waals surface area contributed by atoms with E-state index in [-0.39, 0.29) is 12.1 Å². The van der Waals surface area contributed by atoms with Gasteiger partial charge in [0.15, 0.2) is 0 Å². The van der Waals surface area contributed by atoms with Gasteiger partial charge in [0.05, 0.1) is 11.4 Å². The van der Waals surface area contributed by atoms with Crippen LogP contribution in [-0.2, 0) is 6.54 Å². The lowest BCUT2D eigenvalue weighted by molar-refractivity contribution is 0.587. The number of halogens is 2. The Balaban J connectivity index is 2.16. The van der Waals surface area contributed by atoms with Crippen molar-refractivity contribution in [3.8, 4) is 0 Å². The molecule has 2 aromatic rings. The SMILES string of the molecule is Cc1cnc(C)c(NCc2cc(F)ccc2F)n1. The molecule has 0 fully saturated rings. The minimum atomic E-state index is -0.458. The van der Waals surface area contributed by atoms with Crippen molar-refractivity contribution in [1.29, 1.82) is 0 Å². The first kappa shape index (κ1) is 12.4. The summed E-state index contributed by atoms with van der Waals surface area (Å²) in [6, 6.07) is 3.37. The van der Waals surface area contributed by atoms with Gasteiger partial charge in [-0.1, -0.05) is 0 Å². The van der Waals surface area contributed by atoms with Crippen molar-refractivity contribution in [3.05, 3.63) is 53.0 Å². The lowest BCUT2D eigenvalue weighted by Crippen LogP contribution is -2.07. The van der Waals surface area contributed by atoms with Gasteiger partial charge in [0.25, 0.3) is 0 Å². The molecule has 94 valence electrons. The highest BCUT2D eigenvalue weighted by Gasteiger charge is 2.06. The Bertz CT molecular complexity index is 519. The van der Waals surface area contributed by atoms with Crippen molar-refractivity contribution in [2.45, 2.75) is 20.4 Å². The summed E-state index contributed by atoms with van der Waals surface area (Å²) in [5, 5.41) is 2.96. The fraction of sp³-hybridized carbons (Fsp3) is 0.231. The Morgan fingerprint density at radius 3 is 2.78 bits per heavy atom. The summed E-state index contributed by atoms with van der Waals surface area (Å²) in [4.78, 5) is 8.39. The predicted molar refractivity (Wildman–Crippen MR) is 65.2 cm³/mol. The highest BCUT2D eigenvalue weighted by atomic mass is 19.1. The maximum absolute atomic E-state index is 13.4. The largest absolute Gasteiger partial charge is 0.364 e. The van der Waals surface area contributed by atoms with Gasteiger partial charge >= 0.3 is 0 Å². The van der Waals surface area contributed by atoms with Gasteiger partial charge in [-0.15, -0.1) is 0 Å². The summed E-state index contributed by atoms with van der Waals surface area (Å²) in [6.07, 6.45) is 1.66. The van der Waals surface area contributed by atoms with E-state index in [4.69, 9.17) is 0 Å². The third kappa shape index (κ3) is 2.80. The normalized spacial score (nSPS) is 10.4. The Labute approximate surface area is 104 Å². The van der Waals surface area contributed by atoms with Crippen LogP contribution in [0.4, 0.5) is 14.6 Å². The van der Waals surface area contributed by atoms with Crippen LogP contribution in [0.1, 0.15) is 17.0 Å². The Kier molecular flexibility index (Phi) is 3.50. The van der Waals surface area contributed by atoms with Crippen molar-refractivity contribution < 1.29 is 8.78 Å². The van der Waals surface area contributed by atoms with E-state index in [1.807, 2.05) is 6.92 Å². The fourth-order valence-corrected chi connectivity index (χ4v) is 1.56. The number of benzene rings is 1. The highest BCUT2D eigenvalue weighted by Crippen LogP contribution is 2.14. The van der Waals surface area contributed by atoms with E-state index in [1.165, 1.54) is 6.07 Å². The number of nitrogens with one attached hydrogen (secondary N) is 1. The van der Waals surface area contributed by atoms with Gasteiger partial charge in [0.2, 0.25) is 0 Å². The average molecular weight is 249 g/mol. The molecule has 3 nitrogen and oxygen atoms in total. The molecule has 1 aromatic carbocycles. The number of rotatable bonds is 3. The quantitative estimate of drug-likeness (QED) is 0.908. The molecule has 0 bridgehead atoms. The van der Waals surface area contributed by atoms with Crippen molar-refractivity contribution in [2.24, 2.45) is 0 Å². The van der Waals surface area contributed by atoms with Crippen molar-refractivity contribution in [3.63, 3.8) is 0 Å². The number of anilines is 1. The number of aryl methyl sites for hydroxylation is 2. The third-order valence-electron chi connectivity index (χ3n) is 2.53. The third-order valence-corrected chi connectivity index (χ3v) is 2.53. The van der Waals surface area contributed by atoms with Gasteiger partial charge in [-0.05, 0) is 32.0 Å². The van der Waals surface area contributed by atoms with Crippen molar-refractivity contribution in [1.82, 2.24) is 9.97 Å². The zero-order chi connectivity index (χ0) is 13.1. The van der Waals surface area contributed by atoms with Gasteiger partial charge in [0, 0.05) is 18.3 Å². The minimum absolute atomic E-state index is 0.169. The highest BCUT2D eigenvalue weighted by molar-refractivity contribution is 5.40. The Morgan fingerprint density at radius 2 is 2.00 bits per heavy atom. The van der Waals surface area contributed by atoms with Gasteiger partial charge < -0.3 is 5.32 Å². The predicted octanol–water partition coefficient (Wildman–Crippen LogP) is 2.98.